The minimum atomic E-state index is 0.927. The minimum Gasteiger partial charge on any atom is -0.346 e. The van der Waals surface area contributed by atoms with Crippen LogP contribution in [0, 0.1) is 6.92 Å². The number of hydrogen-bond donors (Lipinski definition) is 1. The normalized spacial score (nSPS) is 11.5. The molecular formula is C16H14N4. The Kier molecular flexibility index (Phi) is 2.21. The Morgan fingerprint density at radius 1 is 1.15 bits per heavy atom. The Morgan fingerprint density at radius 2 is 2.05 bits per heavy atom. The van der Waals surface area contributed by atoms with Gasteiger partial charge in [0.2, 0.25) is 0 Å². The zero-order valence-corrected chi connectivity index (χ0v) is 11.4. The number of aromatic amines is 1. The van der Waals surface area contributed by atoms with Crippen molar-refractivity contribution < 1.29 is 0 Å². The average Bonchev–Trinajstić information content (AvgIpc) is 3.02. The van der Waals surface area contributed by atoms with E-state index in [0.717, 1.165) is 22.1 Å². The number of aromatic nitrogens is 4. The van der Waals surface area contributed by atoms with Crippen molar-refractivity contribution in [1.29, 1.82) is 0 Å². The third-order valence-electron chi connectivity index (χ3n) is 3.70. The largest absolute Gasteiger partial charge is 0.346 e. The SMILES string of the molecule is Cc1cnc2[nH]cc(-c3ccc4ncn(C)c4c3)c2c1. The summed E-state index contributed by atoms with van der Waals surface area (Å²) in [6.07, 6.45) is 5.75. The van der Waals surface area contributed by atoms with Crippen LogP contribution in [0.4, 0.5) is 0 Å². The van der Waals surface area contributed by atoms with E-state index < -0.39 is 0 Å². The van der Waals surface area contributed by atoms with Gasteiger partial charge in [0.05, 0.1) is 17.4 Å². The second kappa shape index (κ2) is 3.93. The number of aryl methyl sites for hydroxylation is 2. The standard InChI is InChI=1S/C16H14N4/c1-10-5-12-13(8-18-16(12)17-7-10)11-3-4-14-15(6-11)20(2)9-19-14/h3-9H,1-2H3,(H,17,18). The molecule has 0 atom stereocenters. The van der Waals surface area contributed by atoms with Crippen LogP contribution in [0.1, 0.15) is 5.56 Å². The lowest BCUT2D eigenvalue weighted by atomic mass is 10.0. The molecule has 0 amide bonds. The van der Waals surface area contributed by atoms with Crippen molar-refractivity contribution in [3.05, 3.63) is 48.5 Å². The van der Waals surface area contributed by atoms with E-state index in [2.05, 4.69) is 46.1 Å². The van der Waals surface area contributed by atoms with Crippen LogP contribution in [0.15, 0.2) is 43.0 Å². The van der Waals surface area contributed by atoms with Gasteiger partial charge in [0.25, 0.3) is 0 Å². The van der Waals surface area contributed by atoms with E-state index in [4.69, 9.17) is 0 Å². The molecule has 98 valence electrons. The summed E-state index contributed by atoms with van der Waals surface area (Å²) in [7, 11) is 2.01. The molecule has 4 nitrogen and oxygen atoms in total. The fourth-order valence-corrected chi connectivity index (χ4v) is 2.64. The molecule has 3 heterocycles. The van der Waals surface area contributed by atoms with Crippen molar-refractivity contribution in [2.45, 2.75) is 6.92 Å². The molecule has 0 saturated carbocycles. The van der Waals surface area contributed by atoms with Gasteiger partial charge in [0, 0.05) is 30.4 Å². The first-order valence-electron chi connectivity index (χ1n) is 6.57. The first kappa shape index (κ1) is 11.2. The van der Waals surface area contributed by atoms with Crippen LogP contribution in [0.25, 0.3) is 33.2 Å². The topological polar surface area (TPSA) is 46.5 Å². The van der Waals surface area contributed by atoms with Gasteiger partial charge in [-0.25, -0.2) is 9.97 Å². The fourth-order valence-electron chi connectivity index (χ4n) is 2.64. The highest BCUT2D eigenvalue weighted by Crippen LogP contribution is 2.30. The Hall–Kier alpha value is -2.62. The third-order valence-corrected chi connectivity index (χ3v) is 3.70. The molecule has 0 aliphatic carbocycles. The summed E-state index contributed by atoms with van der Waals surface area (Å²) >= 11 is 0. The zero-order valence-electron chi connectivity index (χ0n) is 11.4. The maximum Gasteiger partial charge on any atom is 0.137 e. The van der Waals surface area contributed by atoms with Gasteiger partial charge in [0.15, 0.2) is 0 Å². The van der Waals surface area contributed by atoms with Crippen molar-refractivity contribution in [2.75, 3.05) is 0 Å². The van der Waals surface area contributed by atoms with Gasteiger partial charge in [-0.2, -0.15) is 0 Å². The molecule has 0 aliphatic heterocycles. The smallest absolute Gasteiger partial charge is 0.137 e. The van der Waals surface area contributed by atoms with Crippen molar-refractivity contribution >= 4 is 22.1 Å². The lowest BCUT2D eigenvalue weighted by Gasteiger charge is -2.02. The molecule has 0 bridgehead atoms. The summed E-state index contributed by atoms with van der Waals surface area (Å²) in [5.74, 6) is 0. The lowest BCUT2D eigenvalue weighted by Crippen LogP contribution is -1.85. The molecule has 4 rings (SSSR count). The summed E-state index contributed by atoms with van der Waals surface area (Å²) < 4.78 is 2.04. The summed E-state index contributed by atoms with van der Waals surface area (Å²) in [6.45, 7) is 2.06. The molecule has 1 aromatic carbocycles. The second-order valence-electron chi connectivity index (χ2n) is 5.17. The molecule has 0 unspecified atom stereocenters. The number of fused-ring (bicyclic) bond motifs is 2. The number of rotatable bonds is 1. The van der Waals surface area contributed by atoms with Gasteiger partial charge < -0.3 is 9.55 Å². The molecule has 4 aromatic rings. The van der Waals surface area contributed by atoms with E-state index in [9.17, 15) is 0 Å². The third kappa shape index (κ3) is 1.54. The summed E-state index contributed by atoms with van der Waals surface area (Å²) in [6, 6.07) is 8.52. The van der Waals surface area contributed by atoms with Crippen molar-refractivity contribution in [3.63, 3.8) is 0 Å². The van der Waals surface area contributed by atoms with Gasteiger partial charge in [-0.15, -0.1) is 0 Å². The Bertz CT molecular complexity index is 930. The van der Waals surface area contributed by atoms with Gasteiger partial charge >= 0.3 is 0 Å². The monoisotopic (exact) mass is 262 g/mol. The van der Waals surface area contributed by atoms with Gasteiger partial charge in [0.1, 0.15) is 5.65 Å². The summed E-state index contributed by atoms with van der Waals surface area (Å²) in [5, 5.41) is 1.16. The van der Waals surface area contributed by atoms with Crippen molar-refractivity contribution in [1.82, 2.24) is 19.5 Å². The van der Waals surface area contributed by atoms with Crippen molar-refractivity contribution in [3.8, 4) is 11.1 Å². The van der Waals surface area contributed by atoms with E-state index in [1.807, 2.05) is 30.3 Å². The van der Waals surface area contributed by atoms with Crippen molar-refractivity contribution in [2.24, 2.45) is 7.05 Å². The average molecular weight is 262 g/mol. The zero-order chi connectivity index (χ0) is 13.7. The van der Waals surface area contributed by atoms with Crippen LogP contribution in [0.5, 0.6) is 0 Å². The lowest BCUT2D eigenvalue weighted by molar-refractivity contribution is 0.948. The molecular weight excluding hydrogens is 248 g/mol. The molecule has 4 heteroatoms. The Morgan fingerprint density at radius 3 is 2.95 bits per heavy atom. The minimum absolute atomic E-state index is 0.927. The number of nitrogens with one attached hydrogen (secondary N) is 1. The highest BCUT2D eigenvalue weighted by molar-refractivity contribution is 5.96. The molecule has 0 saturated heterocycles. The van der Waals surface area contributed by atoms with Crippen LogP contribution in [0.2, 0.25) is 0 Å². The Labute approximate surface area is 116 Å². The van der Waals surface area contributed by atoms with E-state index in [1.54, 1.807) is 0 Å². The van der Waals surface area contributed by atoms with E-state index in [0.29, 0.717) is 0 Å². The molecule has 0 aliphatic rings. The highest BCUT2D eigenvalue weighted by atomic mass is 15.0. The maximum atomic E-state index is 4.42. The summed E-state index contributed by atoms with van der Waals surface area (Å²) in [4.78, 5) is 12.0. The highest BCUT2D eigenvalue weighted by Gasteiger charge is 2.09. The number of imidazole rings is 1. The van der Waals surface area contributed by atoms with E-state index in [-0.39, 0.29) is 0 Å². The van der Waals surface area contributed by atoms with Crippen LogP contribution >= 0.6 is 0 Å². The predicted octanol–water partition coefficient (Wildman–Crippen LogP) is 3.43. The van der Waals surface area contributed by atoms with Gasteiger partial charge in [-0.05, 0) is 36.2 Å². The quantitative estimate of drug-likeness (QED) is 0.571. The maximum absolute atomic E-state index is 4.42. The van der Waals surface area contributed by atoms with Crippen LogP contribution in [-0.4, -0.2) is 19.5 Å². The molecule has 1 N–H and O–H groups in total. The van der Waals surface area contributed by atoms with E-state index >= 15 is 0 Å². The number of nitrogens with zero attached hydrogens (tertiary/aromatic N) is 3. The molecule has 0 spiro atoms. The van der Waals surface area contributed by atoms with Crippen LogP contribution in [-0.2, 0) is 7.05 Å². The first-order chi connectivity index (χ1) is 9.72. The van der Waals surface area contributed by atoms with Crippen LogP contribution in [0.3, 0.4) is 0 Å². The number of benzene rings is 1. The number of pyridine rings is 1. The molecule has 0 fully saturated rings. The number of hydrogen-bond acceptors (Lipinski definition) is 2. The predicted molar refractivity (Wildman–Crippen MR) is 80.5 cm³/mol. The molecule has 0 radical (unpaired) electrons. The van der Waals surface area contributed by atoms with Gasteiger partial charge in [-0.3, -0.25) is 0 Å². The second-order valence-corrected chi connectivity index (χ2v) is 5.17. The van der Waals surface area contributed by atoms with E-state index in [1.165, 1.54) is 16.7 Å². The van der Waals surface area contributed by atoms with Gasteiger partial charge in [-0.1, -0.05) is 6.07 Å². The molecule has 20 heavy (non-hydrogen) atoms. The molecule has 3 aromatic heterocycles. The van der Waals surface area contributed by atoms with Crippen LogP contribution < -0.4 is 0 Å². The number of H-pyrrole nitrogens is 1. The fraction of sp³-hybridized carbons (Fsp3) is 0.125. The summed E-state index contributed by atoms with van der Waals surface area (Å²) in [5.41, 5.74) is 6.61. The first-order valence-corrected chi connectivity index (χ1v) is 6.57. The Balaban J connectivity index is 2.00.